The van der Waals surface area contributed by atoms with Crippen molar-refractivity contribution in [2.45, 2.75) is 20.4 Å². The molecule has 0 aliphatic carbocycles. The second-order valence-corrected chi connectivity index (χ2v) is 3.74. The van der Waals surface area contributed by atoms with Gasteiger partial charge in [-0.1, -0.05) is 0 Å². The smallest absolute Gasteiger partial charge is 0.133 e. The second kappa shape index (κ2) is 6.16. The number of ether oxygens (including phenoxy) is 1. The molecule has 0 bridgehead atoms. The molecule has 1 rings (SSSR count). The molecule has 2 N–H and O–H groups in total. The van der Waals surface area contributed by atoms with E-state index in [1.54, 1.807) is 13.2 Å². The lowest BCUT2D eigenvalue weighted by atomic mass is 10.4. The van der Waals surface area contributed by atoms with Gasteiger partial charge in [-0.15, -0.1) is 0 Å². The molecule has 17 heavy (non-hydrogen) atoms. The molecule has 0 aliphatic rings. The summed E-state index contributed by atoms with van der Waals surface area (Å²) in [6.07, 6.45) is 0. The van der Waals surface area contributed by atoms with E-state index >= 15 is 0 Å². The Morgan fingerprint density at radius 3 is 2.59 bits per heavy atom. The quantitative estimate of drug-likeness (QED) is 0.811. The van der Waals surface area contributed by atoms with Gasteiger partial charge in [0, 0.05) is 26.7 Å². The van der Waals surface area contributed by atoms with Crippen molar-refractivity contribution in [1.82, 2.24) is 4.57 Å². The molecule has 0 aromatic carbocycles. The van der Waals surface area contributed by atoms with Crippen LogP contribution in [0.5, 0.6) is 0 Å². The van der Waals surface area contributed by atoms with Crippen molar-refractivity contribution in [1.29, 1.82) is 5.26 Å². The number of anilines is 2. The summed E-state index contributed by atoms with van der Waals surface area (Å²) in [7, 11) is 1.65. The van der Waals surface area contributed by atoms with E-state index in [2.05, 4.69) is 24.8 Å². The molecule has 1 aromatic rings. The first-order valence-electron chi connectivity index (χ1n) is 5.82. The van der Waals surface area contributed by atoms with Gasteiger partial charge < -0.3 is 19.9 Å². The van der Waals surface area contributed by atoms with Gasteiger partial charge in [-0.25, -0.2) is 0 Å². The summed E-state index contributed by atoms with van der Waals surface area (Å²) in [5, 5.41) is 9.10. The van der Waals surface area contributed by atoms with Crippen LogP contribution in [0.3, 0.4) is 0 Å². The first-order chi connectivity index (χ1) is 8.19. The van der Waals surface area contributed by atoms with Crippen molar-refractivity contribution in [3.8, 4) is 6.07 Å². The van der Waals surface area contributed by atoms with Crippen molar-refractivity contribution in [3.63, 3.8) is 0 Å². The second-order valence-electron chi connectivity index (χ2n) is 3.74. The summed E-state index contributed by atoms with van der Waals surface area (Å²) >= 11 is 0. The topological polar surface area (TPSA) is 67.2 Å². The standard InChI is InChI=1S/C12H20N4O/c1-4-15(5-2)12-11(14)8-10(9-13)16(12)6-7-17-3/h8H,4-7,14H2,1-3H3. The van der Waals surface area contributed by atoms with Crippen LogP contribution in [0.1, 0.15) is 19.5 Å². The van der Waals surface area contributed by atoms with Crippen LogP contribution in [0.2, 0.25) is 0 Å². The third-order valence-corrected chi connectivity index (χ3v) is 2.79. The summed E-state index contributed by atoms with van der Waals surface area (Å²) in [5.41, 5.74) is 7.23. The summed E-state index contributed by atoms with van der Waals surface area (Å²) in [6.45, 7) is 7.08. The molecule has 0 saturated heterocycles. The lowest BCUT2D eigenvalue weighted by Crippen LogP contribution is -2.26. The number of nitrogens with two attached hydrogens (primary N) is 1. The zero-order valence-electron chi connectivity index (χ0n) is 10.7. The van der Waals surface area contributed by atoms with Gasteiger partial charge >= 0.3 is 0 Å². The SMILES string of the molecule is CCN(CC)c1c(N)cc(C#N)n1CCOC. The number of hydrogen-bond acceptors (Lipinski definition) is 4. The van der Waals surface area contributed by atoms with Crippen molar-refractivity contribution in [2.24, 2.45) is 0 Å². The summed E-state index contributed by atoms with van der Waals surface area (Å²) in [6, 6.07) is 3.90. The Kier molecular flexibility index (Phi) is 4.85. The number of rotatable bonds is 6. The Labute approximate surface area is 102 Å². The van der Waals surface area contributed by atoms with E-state index in [1.165, 1.54) is 0 Å². The lowest BCUT2D eigenvalue weighted by molar-refractivity contribution is 0.187. The molecular weight excluding hydrogens is 216 g/mol. The van der Waals surface area contributed by atoms with E-state index in [1.807, 2.05) is 4.57 Å². The first kappa shape index (κ1) is 13.4. The molecule has 1 heterocycles. The predicted octanol–water partition coefficient (Wildman–Crippen LogP) is 1.43. The molecule has 0 radical (unpaired) electrons. The van der Waals surface area contributed by atoms with Crippen molar-refractivity contribution in [3.05, 3.63) is 11.8 Å². The van der Waals surface area contributed by atoms with Gasteiger partial charge in [0.25, 0.3) is 0 Å². The largest absolute Gasteiger partial charge is 0.396 e. The van der Waals surface area contributed by atoms with Crippen LogP contribution in [0.25, 0.3) is 0 Å². The fourth-order valence-electron chi connectivity index (χ4n) is 1.94. The average Bonchev–Trinajstić information content (AvgIpc) is 2.65. The van der Waals surface area contributed by atoms with Gasteiger partial charge in [-0.3, -0.25) is 0 Å². The zero-order chi connectivity index (χ0) is 12.8. The number of nitriles is 1. The van der Waals surface area contributed by atoms with E-state index in [0.717, 1.165) is 18.9 Å². The Bertz CT molecular complexity index is 401. The maximum absolute atomic E-state index is 9.10. The van der Waals surface area contributed by atoms with Gasteiger partial charge in [-0.2, -0.15) is 5.26 Å². The minimum atomic E-state index is 0.567. The van der Waals surface area contributed by atoms with E-state index in [-0.39, 0.29) is 0 Å². The molecule has 5 nitrogen and oxygen atoms in total. The number of hydrogen-bond donors (Lipinski definition) is 1. The molecule has 1 aromatic heterocycles. The molecule has 0 amide bonds. The third-order valence-electron chi connectivity index (χ3n) is 2.79. The Morgan fingerprint density at radius 2 is 2.12 bits per heavy atom. The first-order valence-corrected chi connectivity index (χ1v) is 5.82. The molecular formula is C12H20N4O. The Balaban J connectivity index is 3.17. The van der Waals surface area contributed by atoms with E-state index in [0.29, 0.717) is 24.5 Å². The van der Waals surface area contributed by atoms with Crippen LogP contribution < -0.4 is 10.6 Å². The molecule has 5 heteroatoms. The van der Waals surface area contributed by atoms with Crippen LogP contribution in [-0.2, 0) is 11.3 Å². The van der Waals surface area contributed by atoms with Crippen molar-refractivity contribution >= 4 is 11.5 Å². The van der Waals surface area contributed by atoms with E-state index < -0.39 is 0 Å². The minimum Gasteiger partial charge on any atom is -0.396 e. The minimum absolute atomic E-state index is 0.567. The van der Waals surface area contributed by atoms with Crippen LogP contribution in [-0.4, -0.2) is 31.4 Å². The molecule has 0 unspecified atom stereocenters. The van der Waals surface area contributed by atoms with Gasteiger partial charge in [0.05, 0.1) is 12.3 Å². The van der Waals surface area contributed by atoms with Gasteiger partial charge in [0.15, 0.2) is 0 Å². The zero-order valence-corrected chi connectivity index (χ0v) is 10.7. The number of nitrogen functional groups attached to an aromatic ring is 1. The highest BCUT2D eigenvalue weighted by Gasteiger charge is 2.16. The number of nitrogens with zero attached hydrogens (tertiary/aromatic N) is 3. The van der Waals surface area contributed by atoms with E-state index in [9.17, 15) is 0 Å². The third kappa shape index (κ3) is 2.71. The summed E-state index contributed by atoms with van der Waals surface area (Å²) in [4.78, 5) is 2.14. The highest BCUT2D eigenvalue weighted by molar-refractivity contribution is 5.67. The highest BCUT2D eigenvalue weighted by atomic mass is 16.5. The van der Waals surface area contributed by atoms with Crippen LogP contribution in [0.4, 0.5) is 11.5 Å². The molecule has 94 valence electrons. The van der Waals surface area contributed by atoms with Crippen LogP contribution in [0, 0.1) is 11.3 Å². The highest BCUT2D eigenvalue weighted by Crippen LogP contribution is 2.27. The van der Waals surface area contributed by atoms with E-state index in [4.69, 9.17) is 15.7 Å². The Morgan fingerprint density at radius 1 is 1.47 bits per heavy atom. The number of methoxy groups -OCH3 is 1. The fraction of sp³-hybridized carbons (Fsp3) is 0.583. The van der Waals surface area contributed by atoms with Crippen LogP contribution >= 0.6 is 0 Å². The molecule has 0 fully saturated rings. The summed E-state index contributed by atoms with van der Waals surface area (Å²) in [5.74, 6) is 0.920. The van der Waals surface area contributed by atoms with Gasteiger partial charge in [0.2, 0.25) is 0 Å². The normalized spacial score (nSPS) is 10.2. The fourth-order valence-corrected chi connectivity index (χ4v) is 1.94. The average molecular weight is 236 g/mol. The van der Waals surface area contributed by atoms with Gasteiger partial charge in [0.1, 0.15) is 17.6 Å². The van der Waals surface area contributed by atoms with Crippen molar-refractivity contribution < 1.29 is 4.74 Å². The van der Waals surface area contributed by atoms with Gasteiger partial charge in [-0.05, 0) is 19.9 Å². The van der Waals surface area contributed by atoms with Crippen molar-refractivity contribution in [2.75, 3.05) is 37.4 Å². The lowest BCUT2D eigenvalue weighted by Gasteiger charge is -2.24. The maximum atomic E-state index is 9.10. The Hall–Kier alpha value is -1.67. The maximum Gasteiger partial charge on any atom is 0.133 e. The predicted molar refractivity (Wildman–Crippen MR) is 69.0 cm³/mol. The molecule has 0 saturated carbocycles. The monoisotopic (exact) mass is 236 g/mol. The van der Waals surface area contributed by atoms with Crippen LogP contribution in [0.15, 0.2) is 6.07 Å². The number of aromatic nitrogens is 1. The molecule has 0 spiro atoms. The molecule has 0 aliphatic heterocycles. The summed E-state index contributed by atoms with van der Waals surface area (Å²) < 4.78 is 6.99. The molecule has 0 atom stereocenters.